The molecule has 4 rings (SSSR count). The molecule has 0 amide bonds. The van der Waals surface area contributed by atoms with Crippen molar-refractivity contribution in [2.24, 2.45) is 0 Å². The molecule has 32 heavy (non-hydrogen) atoms. The zero-order valence-electron chi connectivity index (χ0n) is 20.2. The number of anilines is 2. The van der Waals surface area contributed by atoms with Gasteiger partial charge in [0.25, 0.3) is 0 Å². The number of nitrogens with zero attached hydrogens (tertiary/aromatic N) is 1. The van der Waals surface area contributed by atoms with E-state index in [0.717, 1.165) is 36.6 Å². The summed E-state index contributed by atoms with van der Waals surface area (Å²) in [6, 6.07) is 12.5. The molecule has 0 radical (unpaired) electrons. The Kier molecular flexibility index (Phi) is 6.12. The van der Waals surface area contributed by atoms with Gasteiger partial charge in [-0.15, -0.1) is 10.3 Å². The van der Waals surface area contributed by atoms with Crippen molar-refractivity contribution < 1.29 is 8.92 Å². The van der Waals surface area contributed by atoms with Crippen LogP contribution in [-0.2, 0) is 10.6 Å². The van der Waals surface area contributed by atoms with Crippen LogP contribution in [-0.4, -0.2) is 48.0 Å². The van der Waals surface area contributed by atoms with E-state index in [1.165, 1.54) is 22.0 Å². The molecule has 1 aliphatic heterocycles. The number of para-hydroxylation sites is 1. The van der Waals surface area contributed by atoms with Gasteiger partial charge >= 0.3 is 0 Å². The molecule has 0 fully saturated rings. The van der Waals surface area contributed by atoms with Gasteiger partial charge in [-0.25, -0.2) is 0 Å². The number of benzene rings is 2. The maximum atomic E-state index is 6.44. The summed E-state index contributed by atoms with van der Waals surface area (Å²) < 4.78 is 12.9. The van der Waals surface area contributed by atoms with Gasteiger partial charge < -0.3 is 24.5 Å². The second-order valence-electron chi connectivity index (χ2n) is 10.1. The average Bonchev–Trinajstić information content (AvgIpc) is 3.14. The largest absolute Gasteiger partial charge is 0.484 e. The van der Waals surface area contributed by atoms with Crippen LogP contribution < -0.4 is 15.4 Å². The number of nitrogens with two attached hydrogens (primary N) is 1. The molecule has 174 valence electrons. The summed E-state index contributed by atoms with van der Waals surface area (Å²) in [5.41, 5.74) is 11.8. The van der Waals surface area contributed by atoms with Crippen molar-refractivity contribution in [3.63, 3.8) is 0 Å². The van der Waals surface area contributed by atoms with Crippen LogP contribution in [0.5, 0.6) is 5.75 Å². The van der Waals surface area contributed by atoms with E-state index in [4.69, 9.17) is 14.7 Å². The van der Waals surface area contributed by atoms with Gasteiger partial charge in [0.1, 0.15) is 11.9 Å². The van der Waals surface area contributed by atoms with Crippen molar-refractivity contribution in [3.8, 4) is 5.75 Å². The highest BCUT2D eigenvalue weighted by Crippen LogP contribution is 2.54. The minimum absolute atomic E-state index is 0.0244. The lowest BCUT2D eigenvalue weighted by Crippen LogP contribution is -2.44. The zero-order chi connectivity index (χ0) is 23.1. The molecule has 1 aliphatic rings. The molecule has 0 saturated carbocycles. The molecular formula is C26H37N3O2S. The summed E-state index contributed by atoms with van der Waals surface area (Å²) in [6.45, 7) is 11.2. The van der Waals surface area contributed by atoms with Gasteiger partial charge in [0, 0.05) is 40.1 Å². The maximum absolute atomic E-state index is 6.44. The van der Waals surface area contributed by atoms with Gasteiger partial charge in [-0.3, -0.25) is 0 Å². The van der Waals surface area contributed by atoms with Crippen LogP contribution in [0.3, 0.4) is 0 Å². The van der Waals surface area contributed by atoms with Gasteiger partial charge in [0.05, 0.1) is 18.8 Å². The Morgan fingerprint density at radius 1 is 1.22 bits per heavy atom. The summed E-state index contributed by atoms with van der Waals surface area (Å²) in [5.74, 6) is 0.850. The Morgan fingerprint density at radius 2 is 2.00 bits per heavy atom. The second kappa shape index (κ2) is 8.56. The minimum atomic E-state index is -1.20. The number of nitrogens with one attached hydrogen (secondary N) is 1. The highest BCUT2D eigenvalue weighted by atomic mass is 32.3. The highest BCUT2D eigenvalue weighted by Gasteiger charge is 2.32. The molecule has 0 spiro atoms. The van der Waals surface area contributed by atoms with Crippen LogP contribution in [0.1, 0.15) is 31.9 Å². The standard InChI is InChI=1S/C26H37N3O2S/c1-18-8-7-9-22-19(15-28-25(18)22)12-13-29-16-21(17-30-32(5,6)26(2,3)4)31-24-14-20(27)10-11-23(24)29/h7-11,14-15,21,28H,12-13,16-17,27H2,1-6H3. The Morgan fingerprint density at radius 3 is 2.75 bits per heavy atom. The van der Waals surface area contributed by atoms with E-state index in [1.54, 1.807) is 0 Å². The molecule has 0 aliphatic carbocycles. The number of aromatic amines is 1. The van der Waals surface area contributed by atoms with Gasteiger partial charge in [0.15, 0.2) is 0 Å². The number of nitrogen functional groups attached to an aromatic ring is 1. The third-order valence-corrected chi connectivity index (χ3v) is 10.4. The fourth-order valence-corrected chi connectivity index (χ4v) is 4.84. The van der Waals surface area contributed by atoms with Crippen LogP contribution in [0.2, 0.25) is 0 Å². The molecule has 2 aromatic carbocycles. The maximum Gasteiger partial charge on any atom is 0.145 e. The van der Waals surface area contributed by atoms with E-state index in [0.29, 0.717) is 6.61 Å². The Labute approximate surface area is 193 Å². The van der Waals surface area contributed by atoms with Crippen molar-refractivity contribution in [2.45, 2.75) is 45.0 Å². The van der Waals surface area contributed by atoms with Crippen LogP contribution in [0.25, 0.3) is 10.9 Å². The first-order valence-electron chi connectivity index (χ1n) is 11.3. The van der Waals surface area contributed by atoms with Crippen LogP contribution in [0.4, 0.5) is 11.4 Å². The van der Waals surface area contributed by atoms with Crippen LogP contribution in [0, 0.1) is 6.92 Å². The number of H-pyrrole nitrogens is 1. The summed E-state index contributed by atoms with van der Waals surface area (Å²) in [6.07, 6.45) is 7.55. The van der Waals surface area contributed by atoms with E-state index < -0.39 is 10.3 Å². The van der Waals surface area contributed by atoms with Gasteiger partial charge in [-0.1, -0.05) is 39.0 Å². The van der Waals surface area contributed by atoms with Gasteiger partial charge in [-0.2, -0.15) is 0 Å². The van der Waals surface area contributed by atoms with E-state index in [1.807, 2.05) is 12.1 Å². The summed E-state index contributed by atoms with van der Waals surface area (Å²) in [4.78, 5) is 5.87. The fraction of sp³-hybridized carbons (Fsp3) is 0.462. The topological polar surface area (TPSA) is 63.5 Å². The predicted molar refractivity (Wildman–Crippen MR) is 139 cm³/mol. The molecule has 2 heterocycles. The predicted octanol–water partition coefficient (Wildman–Crippen LogP) is 5.66. The molecule has 3 N–H and O–H groups in total. The Bertz CT molecular complexity index is 1100. The first-order valence-corrected chi connectivity index (χ1v) is 13.7. The van der Waals surface area contributed by atoms with Gasteiger partial charge in [-0.05, 0) is 49.1 Å². The Hall–Kier alpha value is -2.31. The second-order valence-corrected chi connectivity index (χ2v) is 14.0. The van der Waals surface area contributed by atoms with Crippen LogP contribution in [0.15, 0.2) is 42.6 Å². The first-order chi connectivity index (χ1) is 15.0. The SMILES string of the molecule is Cc1cccc2c(CCN3CC(COS(C)(C)C(C)(C)C)Oc4cc(N)ccc43)c[nH]c12. The third kappa shape index (κ3) is 4.57. The number of rotatable bonds is 6. The smallest absolute Gasteiger partial charge is 0.145 e. The number of aromatic nitrogens is 1. The first kappa shape index (κ1) is 22.9. The molecule has 6 heteroatoms. The minimum Gasteiger partial charge on any atom is -0.484 e. The zero-order valence-corrected chi connectivity index (χ0v) is 21.0. The molecule has 5 nitrogen and oxygen atoms in total. The van der Waals surface area contributed by atoms with E-state index >= 15 is 0 Å². The summed E-state index contributed by atoms with van der Waals surface area (Å²) >= 11 is 0. The average molecular weight is 456 g/mol. The number of fused-ring (bicyclic) bond motifs is 2. The third-order valence-electron chi connectivity index (χ3n) is 6.73. The number of hydrogen-bond donors (Lipinski definition) is 2. The quantitative estimate of drug-likeness (QED) is 0.471. The molecule has 0 saturated heterocycles. The Balaban J connectivity index is 1.52. The van der Waals surface area contributed by atoms with Crippen molar-refractivity contribution in [1.82, 2.24) is 4.98 Å². The highest BCUT2D eigenvalue weighted by molar-refractivity contribution is 8.29. The lowest BCUT2D eigenvalue weighted by atomic mass is 10.1. The van der Waals surface area contributed by atoms with Crippen molar-refractivity contribution in [3.05, 3.63) is 53.7 Å². The van der Waals surface area contributed by atoms with Crippen LogP contribution >= 0.6 is 10.3 Å². The number of ether oxygens (including phenoxy) is 1. The normalized spacial score (nSPS) is 17.3. The molecule has 3 aromatic rings. The lowest BCUT2D eigenvalue weighted by molar-refractivity contribution is 0.132. The molecule has 0 bridgehead atoms. The summed E-state index contributed by atoms with van der Waals surface area (Å²) in [5, 5.41) is 1.31. The number of aryl methyl sites for hydroxylation is 1. The van der Waals surface area contributed by atoms with Crippen molar-refractivity contribution >= 4 is 32.6 Å². The number of hydrogen-bond acceptors (Lipinski definition) is 4. The molecular weight excluding hydrogens is 418 g/mol. The van der Waals surface area contributed by atoms with E-state index in [2.05, 4.69) is 80.6 Å². The van der Waals surface area contributed by atoms with Gasteiger partial charge in [0.2, 0.25) is 0 Å². The van der Waals surface area contributed by atoms with E-state index in [-0.39, 0.29) is 10.9 Å². The lowest BCUT2D eigenvalue weighted by Gasteiger charge is -2.45. The van der Waals surface area contributed by atoms with E-state index in [9.17, 15) is 0 Å². The molecule has 1 atom stereocenters. The molecule has 1 unspecified atom stereocenters. The monoisotopic (exact) mass is 455 g/mol. The van der Waals surface area contributed by atoms with Crippen molar-refractivity contribution in [2.75, 3.05) is 42.8 Å². The van der Waals surface area contributed by atoms with Crippen molar-refractivity contribution in [1.29, 1.82) is 0 Å². The fourth-order valence-electron chi connectivity index (χ4n) is 3.99. The summed E-state index contributed by atoms with van der Waals surface area (Å²) in [7, 11) is -1.20. The molecule has 1 aromatic heterocycles.